The summed E-state index contributed by atoms with van der Waals surface area (Å²) in [5.41, 5.74) is -0.505. The Morgan fingerprint density at radius 2 is 1.57 bits per heavy atom. The minimum absolute atomic E-state index is 0.0847. The minimum atomic E-state index is -1.19. The summed E-state index contributed by atoms with van der Waals surface area (Å²) in [5, 5.41) is 0. The Kier molecular flexibility index (Phi) is 4.78. The zero-order chi connectivity index (χ0) is 15.4. The van der Waals surface area contributed by atoms with Gasteiger partial charge in [-0.15, -0.1) is 0 Å². The quantitative estimate of drug-likeness (QED) is 0.632. The third kappa shape index (κ3) is 3.15. The van der Waals surface area contributed by atoms with Crippen molar-refractivity contribution in [3.63, 3.8) is 0 Å². The van der Waals surface area contributed by atoms with Crippen LogP contribution in [0.25, 0.3) is 17.2 Å². The average molecular weight is 294 g/mol. The van der Waals surface area contributed by atoms with Crippen LogP contribution in [0.3, 0.4) is 0 Å². The predicted octanol–water partition coefficient (Wildman–Crippen LogP) is 5.72. The molecule has 0 radical (unpaired) electrons. The van der Waals surface area contributed by atoms with Crippen LogP contribution in [0, 0.1) is 23.3 Å². The highest BCUT2D eigenvalue weighted by atomic mass is 19.2. The summed E-state index contributed by atoms with van der Waals surface area (Å²) in [4.78, 5) is 0. The standard InChI is InChI=1S/C17H14F4/c1-2-3-4-6-11-9-10-13(17(21)15(11)19)12-7-5-8-14(18)16(12)20/h4-10H,2-3H2,1H3. The van der Waals surface area contributed by atoms with E-state index < -0.39 is 23.3 Å². The zero-order valence-corrected chi connectivity index (χ0v) is 11.5. The van der Waals surface area contributed by atoms with Crippen LogP contribution in [-0.4, -0.2) is 0 Å². The van der Waals surface area contributed by atoms with E-state index in [1.165, 1.54) is 30.3 Å². The highest BCUT2D eigenvalue weighted by Crippen LogP contribution is 2.29. The summed E-state index contributed by atoms with van der Waals surface area (Å²) in [6, 6.07) is 5.99. The molecule has 0 aliphatic rings. The molecule has 0 aromatic heterocycles. The molecule has 0 spiro atoms. The third-order valence-electron chi connectivity index (χ3n) is 3.11. The van der Waals surface area contributed by atoms with Crippen LogP contribution in [0.1, 0.15) is 25.3 Å². The van der Waals surface area contributed by atoms with Gasteiger partial charge in [0, 0.05) is 16.7 Å². The van der Waals surface area contributed by atoms with Gasteiger partial charge < -0.3 is 0 Å². The fourth-order valence-corrected chi connectivity index (χ4v) is 1.99. The second-order valence-electron chi connectivity index (χ2n) is 4.62. The Bertz CT molecular complexity index is 675. The van der Waals surface area contributed by atoms with Gasteiger partial charge in [-0.25, -0.2) is 17.6 Å². The van der Waals surface area contributed by atoms with Gasteiger partial charge in [0.1, 0.15) is 0 Å². The van der Waals surface area contributed by atoms with Gasteiger partial charge in [0.2, 0.25) is 0 Å². The molecule has 0 amide bonds. The second kappa shape index (κ2) is 6.57. The lowest BCUT2D eigenvalue weighted by Crippen LogP contribution is -1.96. The van der Waals surface area contributed by atoms with Crippen molar-refractivity contribution < 1.29 is 17.6 Å². The van der Waals surface area contributed by atoms with Crippen LogP contribution in [0.15, 0.2) is 36.4 Å². The SMILES string of the molecule is CCCC=Cc1ccc(-c2cccc(F)c2F)c(F)c1F. The topological polar surface area (TPSA) is 0 Å². The maximum Gasteiger partial charge on any atom is 0.167 e. The number of hydrogen-bond acceptors (Lipinski definition) is 0. The van der Waals surface area contributed by atoms with Gasteiger partial charge in [0.25, 0.3) is 0 Å². The molecule has 0 atom stereocenters. The van der Waals surface area contributed by atoms with E-state index in [1.54, 1.807) is 6.08 Å². The second-order valence-corrected chi connectivity index (χ2v) is 4.62. The Morgan fingerprint density at radius 1 is 0.857 bits per heavy atom. The first-order valence-corrected chi connectivity index (χ1v) is 6.65. The van der Waals surface area contributed by atoms with Crippen LogP contribution in [0.5, 0.6) is 0 Å². The molecule has 0 heterocycles. The molecule has 2 aromatic rings. The molecule has 4 heteroatoms. The number of hydrogen-bond donors (Lipinski definition) is 0. The van der Waals surface area contributed by atoms with Crippen LogP contribution >= 0.6 is 0 Å². The Labute approximate surface area is 120 Å². The van der Waals surface area contributed by atoms with Gasteiger partial charge in [-0.1, -0.05) is 49.8 Å². The molecule has 0 unspecified atom stereocenters. The molecular weight excluding hydrogens is 280 g/mol. The van der Waals surface area contributed by atoms with Gasteiger partial charge in [-0.05, 0) is 12.5 Å². The van der Waals surface area contributed by atoms with E-state index in [2.05, 4.69) is 0 Å². The zero-order valence-electron chi connectivity index (χ0n) is 11.5. The Balaban J connectivity index is 2.48. The van der Waals surface area contributed by atoms with E-state index in [4.69, 9.17) is 0 Å². The summed E-state index contributed by atoms with van der Waals surface area (Å²) < 4.78 is 54.9. The molecule has 110 valence electrons. The molecule has 21 heavy (non-hydrogen) atoms. The van der Waals surface area contributed by atoms with Gasteiger partial charge in [-0.3, -0.25) is 0 Å². The lowest BCUT2D eigenvalue weighted by molar-refractivity contribution is 0.500. The van der Waals surface area contributed by atoms with Crippen molar-refractivity contribution in [2.75, 3.05) is 0 Å². The molecule has 0 aliphatic carbocycles. The van der Waals surface area contributed by atoms with E-state index in [0.717, 1.165) is 18.9 Å². The van der Waals surface area contributed by atoms with E-state index in [9.17, 15) is 17.6 Å². The summed E-state index contributed by atoms with van der Waals surface area (Å²) in [5.74, 6) is -4.54. The van der Waals surface area contributed by atoms with Crippen LogP contribution < -0.4 is 0 Å². The van der Waals surface area contributed by atoms with Gasteiger partial charge in [0.15, 0.2) is 23.3 Å². The highest BCUT2D eigenvalue weighted by molar-refractivity contribution is 5.67. The number of halogens is 4. The average Bonchev–Trinajstić information content (AvgIpc) is 2.47. The van der Waals surface area contributed by atoms with E-state index in [0.29, 0.717) is 0 Å². The molecule has 0 saturated heterocycles. The molecule has 2 aromatic carbocycles. The fraction of sp³-hybridized carbons (Fsp3) is 0.176. The molecule has 0 fully saturated rings. The summed E-state index contributed by atoms with van der Waals surface area (Å²) in [7, 11) is 0. The van der Waals surface area contributed by atoms with Gasteiger partial charge in [-0.2, -0.15) is 0 Å². The molecule has 0 nitrogen and oxygen atoms in total. The van der Waals surface area contributed by atoms with Crippen LogP contribution in [0.4, 0.5) is 17.6 Å². The number of benzene rings is 2. The van der Waals surface area contributed by atoms with Crippen molar-refractivity contribution in [2.24, 2.45) is 0 Å². The summed E-state index contributed by atoms with van der Waals surface area (Å²) in [6.45, 7) is 1.97. The normalized spacial score (nSPS) is 11.3. The van der Waals surface area contributed by atoms with E-state index >= 15 is 0 Å². The molecule has 0 saturated carbocycles. The molecular formula is C17H14F4. The molecule has 0 N–H and O–H groups in total. The van der Waals surface area contributed by atoms with Crippen molar-refractivity contribution in [3.05, 3.63) is 65.2 Å². The maximum absolute atomic E-state index is 14.1. The largest absolute Gasteiger partial charge is 0.204 e. The summed E-state index contributed by atoms with van der Waals surface area (Å²) >= 11 is 0. The molecule has 2 rings (SSSR count). The van der Waals surface area contributed by atoms with Crippen molar-refractivity contribution in [2.45, 2.75) is 19.8 Å². The monoisotopic (exact) mass is 294 g/mol. The first-order chi connectivity index (χ1) is 10.1. The molecule has 0 aliphatic heterocycles. The van der Waals surface area contributed by atoms with Crippen LogP contribution in [0.2, 0.25) is 0 Å². The first-order valence-electron chi connectivity index (χ1n) is 6.65. The van der Waals surface area contributed by atoms with Gasteiger partial charge in [0.05, 0.1) is 0 Å². The van der Waals surface area contributed by atoms with Crippen molar-refractivity contribution in [1.29, 1.82) is 0 Å². The van der Waals surface area contributed by atoms with Crippen molar-refractivity contribution in [3.8, 4) is 11.1 Å². The molecule has 0 bridgehead atoms. The smallest absolute Gasteiger partial charge is 0.167 e. The van der Waals surface area contributed by atoms with Gasteiger partial charge >= 0.3 is 0 Å². The number of allylic oxidation sites excluding steroid dienone is 1. The lowest BCUT2D eigenvalue weighted by Gasteiger charge is -2.08. The fourth-order valence-electron chi connectivity index (χ4n) is 1.99. The third-order valence-corrected chi connectivity index (χ3v) is 3.11. The first kappa shape index (κ1) is 15.3. The summed E-state index contributed by atoms with van der Waals surface area (Å²) in [6.07, 6.45) is 4.86. The maximum atomic E-state index is 14.1. The van der Waals surface area contributed by atoms with Crippen molar-refractivity contribution in [1.82, 2.24) is 0 Å². The Morgan fingerprint density at radius 3 is 2.29 bits per heavy atom. The lowest BCUT2D eigenvalue weighted by atomic mass is 10.0. The number of unbranched alkanes of at least 4 members (excludes halogenated alkanes) is 1. The number of rotatable bonds is 4. The predicted molar refractivity (Wildman–Crippen MR) is 75.7 cm³/mol. The van der Waals surface area contributed by atoms with E-state index in [-0.39, 0.29) is 16.7 Å². The Hall–Kier alpha value is -2.10. The highest BCUT2D eigenvalue weighted by Gasteiger charge is 2.17. The van der Waals surface area contributed by atoms with Crippen LogP contribution in [-0.2, 0) is 0 Å². The van der Waals surface area contributed by atoms with Crippen molar-refractivity contribution >= 4 is 6.08 Å². The van der Waals surface area contributed by atoms with E-state index in [1.807, 2.05) is 6.92 Å². The minimum Gasteiger partial charge on any atom is -0.204 e.